The third-order valence-electron chi connectivity index (χ3n) is 3.18. The first kappa shape index (κ1) is 15.4. The van der Waals surface area contributed by atoms with Crippen molar-refractivity contribution in [3.63, 3.8) is 0 Å². The van der Waals surface area contributed by atoms with Crippen LogP contribution in [-0.4, -0.2) is 38.1 Å². The van der Waals surface area contributed by atoms with Crippen molar-refractivity contribution in [2.75, 3.05) is 20.8 Å². The van der Waals surface area contributed by atoms with Crippen LogP contribution >= 0.6 is 11.3 Å². The van der Waals surface area contributed by atoms with E-state index in [0.29, 0.717) is 0 Å². The molecule has 0 amide bonds. The normalized spacial score (nSPS) is 13.2. The molecule has 5 heteroatoms. The fourth-order valence-electron chi connectivity index (χ4n) is 2.21. The maximum atomic E-state index is 5.40. The molecule has 0 bridgehead atoms. The maximum absolute atomic E-state index is 5.40. The number of methoxy groups -OCH3 is 2. The summed E-state index contributed by atoms with van der Waals surface area (Å²) >= 11 is 1.74. The molecule has 1 unspecified atom stereocenters. The van der Waals surface area contributed by atoms with Crippen molar-refractivity contribution in [3.05, 3.63) is 29.3 Å². The number of rotatable bonds is 8. The minimum absolute atomic E-state index is 0.116. The van der Waals surface area contributed by atoms with Crippen LogP contribution in [-0.2, 0) is 15.9 Å². The molecule has 1 heterocycles. The number of fused-ring (bicyclic) bond motifs is 1. The van der Waals surface area contributed by atoms with Crippen molar-refractivity contribution >= 4 is 21.6 Å². The number of thiazole rings is 1. The third-order valence-corrected chi connectivity index (χ3v) is 4.24. The van der Waals surface area contributed by atoms with Gasteiger partial charge in [-0.3, -0.25) is 0 Å². The molecule has 1 aromatic heterocycles. The smallest absolute Gasteiger partial charge is 0.172 e. The van der Waals surface area contributed by atoms with Crippen LogP contribution < -0.4 is 5.32 Å². The predicted octanol–water partition coefficient (Wildman–Crippen LogP) is 2.83. The van der Waals surface area contributed by atoms with Gasteiger partial charge in [0, 0.05) is 20.6 Å². The fourth-order valence-corrected chi connectivity index (χ4v) is 3.24. The van der Waals surface area contributed by atoms with Crippen LogP contribution in [0.25, 0.3) is 10.2 Å². The van der Waals surface area contributed by atoms with Gasteiger partial charge in [-0.1, -0.05) is 19.1 Å². The lowest BCUT2D eigenvalue weighted by Crippen LogP contribution is -2.44. The number of nitrogens with zero attached hydrogens (tertiary/aromatic N) is 1. The second-order valence-corrected chi connectivity index (χ2v) is 5.80. The molecule has 1 aromatic carbocycles. The average molecular weight is 294 g/mol. The Hall–Kier alpha value is -1.01. The van der Waals surface area contributed by atoms with Crippen molar-refractivity contribution in [1.82, 2.24) is 10.3 Å². The number of aromatic nitrogens is 1. The number of hydrogen-bond donors (Lipinski definition) is 1. The predicted molar refractivity (Wildman–Crippen MR) is 83.2 cm³/mol. The Morgan fingerprint density at radius 3 is 2.65 bits per heavy atom. The minimum atomic E-state index is -0.256. The lowest BCUT2D eigenvalue weighted by Gasteiger charge is -2.25. The SMILES string of the molecule is CCCNC(Cc1nc2ccccc2s1)C(OC)OC. The lowest BCUT2D eigenvalue weighted by molar-refractivity contribution is -0.122. The number of nitrogens with one attached hydrogen (secondary N) is 1. The largest absolute Gasteiger partial charge is 0.354 e. The molecule has 20 heavy (non-hydrogen) atoms. The molecule has 2 aromatic rings. The Balaban J connectivity index is 2.12. The first-order valence-electron chi connectivity index (χ1n) is 6.92. The van der Waals surface area contributed by atoms with Gasteiger partial charge < -0.3 is 14.8 Å². The number of para-hydroxylation sites is 1. The van der Waals surface area contributed by atoms with Gasteiger partial charge in [-0.05, 0) is 25.1 Å². The number of hydrogen-bond acceptors (Lipinski definition) is 5. The van der Waals surface area contributed by atoms with E-state index in [1.165, 1.54) is 4.70 Å². The van der Waals surface area contributed by atoms with Crippen LogP contribution in [0.4, 0.5) is 0 Å². The molecule has 0 fully saturated rings. The minimum Gasteiger partial charge on any atom is -0.354 e. The molecular weight excluding hydrogens is 272 g/mol. The summed E-state index contributed by atoms with van der Waals surface area (Å²) in [5.41, 5.74) is 1.06. The van der Waals surface area contributed by atoms with Crippen LogP contribution in [0.3, 0.4) is 0 Å². The monoisotopic (exact) mass is 294 g/mol. The Kier molecular flexibility index (Phi) is 5.91. The molecule has 1 atom stereocenters. The van der Waals surface area contributed by atoms with Crippen LogP contribution in [0.5, 0.6) is 0 Å². The molecule has 0 aliphatic carbocycles. The van der Waals surface area contributed by atoms with Crippen LogP contribution in [0, 0.1) is 0 Å². The summed E-state index contributed by atoms with van der Waals surface area (Å²) in [5, 5.41) is 4.59. The zero-order valence-electron chi connectivity index (χ0n) is 12.3. The van der Waals surface area contributed by atoms with Crippen molar-refractivity contribution in [1.29, 1.82) is 0 Å². The van der Waals surface area contributed by atoms with Gasteiger partial charge in [-0.25, -0.2) is 4.98 Å². The molecule has 0 aliphatic heterocycles. The van der Waals surface area contributed by atoms with E-state index in [-0.39, 0.29) is 12.3 Å². The molecule has 0 radical (unpaired) electrons. The first-order chi connectivity index (χ1) is 9.78. The second-order valence-electron chi connectivity index (χ2n) is 4.68. The summed E-state index contributed by atoms with van der Waals surface area (Å²) in [5.74, 6) is 0. The van der Waals surface area contributed by atoms with Gasteiger partial charge in [0.25, 0.3) is 0 Å². The molecule has 0 aliphatic rings. The Morgan fingerprint density at radius 2 is 2.00 bits per heavy atom. The lowest BCUT2D eigenvalue weighted by atomic mass is 10.2. The highest BCUT2D eigenvalue weighted by Gasteiger charge is 2.22. The highest BCUT2D eigenvalue weighted by molar-refractivity contribution is 7.18. The standard InChI is InChI=1S/C15H22N2O2S/c1-4-9-16-12(15(18-2)19-3)10-14-17-11-7-5-6-8-13(11)20-14/h5-8,12,15-16H,4,9-10H2,1-3H3. The molecular formula is C15H22N2O2S. The van der Waals surface area contributed by atoms with E-state index in [1.54, 1.807) is 25.6 Å². The van der Waals surface area contributed by atoms with E-state index in [4.69, 9.17) is 9.47 Å². The molecule has 1 N–H and O–H groups in total. The Morgan fingerprint density at radius 1 is 1.25 bits per heavy atom. The van der Waals surface area contributed by atoms with E-state index in [2.05, 4.69) is 23.3 Å². The van der Waals surface area contributed by atoms with Gasteiger partial charge in [-0.15, -0.1) is 11.3 Å². The van der Waals surface area contributed by atoms with Gasteiger partial charge in [-0.2, -0.15) is 0 Å². The Labute approximate surface area is 124 Å². The van der Waals surface area contributed by atoms with Gasteiger partial charge in [0.1, 0.15) is 0 Å². The Bertz CT molecular complexity index is 492. The summed E-state index contributed by atoms with van der Waals surface area (Å²) < 4.78 is 12.0. The molecule has 0 spiro atoms. The average Bonchev–Trinajstić information content (AvgIpc) is 2.88. The third kappa shape index (κ3) is 3.76. The summed E-state index contributed by atoms with van der Waals surface area (Å²) in [4.78, 5) is 4.68. The van der Waals surface area contributed by atoms with Gasteiger partial charge in [0.05, 0.1) is 21.3 Å². The second kappa shape index (κ2) is 7.69. The van der Waals surface area contributed by atoms with Gasteiger partial charge in [0.15, 0.2) is 6.29 Å². The van der Waals surface area contributed by atoms with Crippen molar-refractivity contribution in [3.8, 4) is 0 Å². The van der Waals surface area contributed by atoms with E-state index in [9.17, 15) is 0 Å². The highest BCUT2D eigenvalue weighted by atomic mass is 32.1. The van der Waals surface area contributed by atoms with Crippen LogP contribution in [0.15, 0.2) is 24.3 Å². The van der Waals surface area contributed by atoms with Crippen molar-refractivity contribution in [2.24, 2.45) is 0 Å². The fraction of sp³-hybridized carbons (Fsp3) is 0.533. The zero-order valence-corrected chi connectivity index (χ0v) is 13.1. The van der Waals surface area contributed by atoms with Crippen LogP contribution in [0.2, 0.25) is 0 Å². The summed E-state index contributed by atoms with van der Waals surface area (Å²) in [6, 6.07) is 8.34. The summed E-state index contributed by atoms with van der Waals surface area (Å²) in [6.45, 7) is 3.09. The molecule has 0 saturated heterocycles. The number of benzene rings is 1. The zero-order chi connectivity index (χ0) is 14.4. The van der Waals surface area contributed by atoms with Gasteiger partial charge in [0.2, 0.25) is 0 Å². The molecule has 4 nitrogen and oxygen atoms in total. The first-order valence-corrected chi connectivity index (χ1v) is 7.73. The molecule has 110 valence electrons. The maximum Gasteiger partial charge on any atom is 0.172 e. The highest BCUT2D eigenvalue weighted by Crippen LogP contribution is 2.23. The molecule has 0 saturated carbocycles. The number of ether oxygens (including phenoxy) is 2. The van der Waals surface area contributed by atoms with E-state index >= 15 is 0 Å². The van der Waals surface area contributed by atoms with E-state index < -0.39 is 0 Å². The van der Waals surface area contributed by atoms with E-state index in [0.717, 1.165) is 29.9 Å². The van der Waals surface area contributed by atoms with Crippen molar-refractivity contribution in [2.45, 2.75) is 32.1 Å². The van der Waals surface area contributed by atoms with E-state index in [1.807, 2.05) is 18.2 Å². The van der Waals surface area contributed by atoms with Crippen molar-refractivity contribution < 1.29 is 9.47 Å². The quantitative estimate of drug-likeness (QED) is 0.760. The van der Waals surface area contributed by atoms with Crippen LogP contribution in [0.1, 0.15) is 18.4 Å². The molecule has 2 rings (SSSR count). The topological polar surface area (TPSA) is 43.4 Å². The van der Waals surface area contributed by atoms with Gasteiger partial charge >= 0.3 is 0 Å². The summed E-state index contributed by atoms with van der Waals surface area (Å²) in [6.07, 6.45) is 1.64. The summed E-state index contributed by atoms with van der Waals surface area (Å²) in [7, 11) is 3.35.